The lowest BCUT2D eigenvalue weighted by atomic mass is 9.98. The quantitative estimate of drug-likeness (QED) is 0.207. The lowest BCUT2D eigenvalue weighted by Crippen LogP contribution is -2.99. The Hall–Kier alpha value is -3.31. The summed E-state index contributed by atoms with van der Waals surface area (Å²) in [6.45, 7) is 6.09. The van der Waals surface area contributed by atoms with Gasteiger partial charge < -0.3 is 34.8 Å². The molecule has 14 nitrogen and oxygen atoms in total. The van der Waals surface area contributed by atoms with Crippen LogP contribution in [0.5, 0.6) is 0 Å². The molecule has 2 unspecified atom stereocenters. The summed E-state index contributed by atoms with van der Waals surface area (Å²) < 4.78 is 17.3. The first-order valence-electron chi connectivity index (χ1n) is 12.6. The van der Waals surface area contributed by atoms with Crippen molar-refractivity contribution in [3.8, 4) is 0 Å². The minimum absolute atomic E-state index is 0.0991. The molecule has 0 spiro atoms. The van der Waals surface area contributed by atoms with Crippen LogP contribution in [0.15, 0.2) is 48.5 Å². The molecule has 3 saturated heterocycles. The Balaban J connectivity index is 1.27. The van der Waals surface area contributed by atoms with E-state index in [1.165, 1.54) is 36.1 Å². The van der Waals surface area contributed by atoms with Crippen LogP contribution in [0.2, 0.25) is 0 Å². The Morgan fingerprint density at radius 2 is 1.32 bits per heavy atom. The molecule has 0 radical (unpaired) electrons. The van der Waals surface area contributed by atoms with Gasteiger partial charge in [-0.1, -0.05) is 24.3 Å². The van der Waals surface area contributed by atoms with E-state index >= 15 is 0 Å². The number of nitrogens with zero attached hydrogens (tertiary/aromatic N) is 1. The second-order valence-electron chi connectivity index (χ2n) is 10.5. The molecule has 5 N–H and O–H groups in total. The maximum absolute atomic E-state index is 13.7. The van der Waals surface area contributed by atoms with Gasteiger partial charge in [-0.05, 0) is 38.8 Å². The fourth-order valence-corrected chi connectivity index (χ4v) is 5.07. The number of rotatable bonds is 8. The van der Waals surface area contributed by atoms with Crippen molar-refractivity contribution in [2.45, 2.75) is 69.6 Å². The van der Waals surface area contributed by atoms with Crippen molar-refractivity contribution in [3.05, 3.63) is 70.1 Å². The third-order valence-electron chi connectivity index (χ3n) is 7.67. The van der Waals surface area contributed by atoms with Gasteiger partial charge in [-0.2, -0.15) is 10.5 Å². The Morgan fingerprint density at radius 1 is 0.875 bits per heavy atom. The van der Waals surface area contributed by atoms with E-state index in [1.54, 1.807) is 45.0 Å². The molecule has 5 rings (SSSR count). The number of benzene rings is 2. The van der Waals surface area contributed by atoms with E-state index < -0.39 is 70.0 Å². The van der Waals surface area contributed by atoms with Crippen molar-refractivity contribution in [1.29, 1.82) is 0 Å². The summed E-state index contributed by atoms with van der Waals surface area (Å²) in [5, 5.41) is 41.1. The molecule has 3 fully saturated rings. The zero-order valence-electron chi connectivity index (χ0n) is 22.1. The summed E-state index contributed by atoms with van der Waals surface area (Å²) in [7, 11) is 0. The van der Waals surface area contributed by atoms with Crippen LogP contribution in [0, 0.1) is 10.4 Å². The van der Waals surface area contributed by atoms with Crippen molar-refractivity contribution in [1.82, 2.24) is 10.2 Å². The molecule has 0 saturated carbocycles. The van der Waals surface area contributed by atoms with Gasteiger partial charge in [0.1, 0.15) is 12.2 Å². The van der Waals surface area contributed by atoms with E-state index in [-0.39, 0.29) is 11.4 Å². The molecule has 3 heterocycles. The van der Waals surface area contributed by atoms with Gasteiger partial charge in [0.25, 0.3) is 11.8 Å². The monoisotopic (exact) mass is 558 g/mol. The third kappa shape index (κ3) is 4.79. The SMILES string of the molecule is CC(=O)[C@@H]1O[C@H](NC(=O)[C@@]2(C)O[C@@H]2c2ccc([NH+]([O-])O)cc2)[C@H](C)N1C(=O)[C@@]1(C)O[C@@H]1c1ccc([NH+]([O-])O)cc1. The number of carbonyl (C=O) groups excluding carboxylic acids is 3. The van der Waals surface area contributed by atoms with Crippen LogP contribution >= 0.6 is 0 Å². The molecule has 2 aromatic rings. The van der Waals surface area contributed by atoms with Gasteiger partial charge in [0.05, 0.1) is 6.04 Å². The first-order chi connectivity index (χ1) is 18.8. The van der Waals surface area contributed by atoms with E-state index in [2.05, 4.69) is 5.32 Å². The fourth-order valence-electron chi connectivity index (χ4n) is 5.07. The van der Waals surface area contributed by atoms with E-state index in [0.29, 0.717) is 11.1 Å². The number of hydrogen-bond acceptors (Lipinski definition) is 10. The maximum Gasteiger partial charge on any atom is 0.260 e. The number of ketones is 1. The highest BCUT2D eigenvalue weighted by molar-refractivity contribution is 5.94. The van der Waals surface area contributed by atoms with Crippen LogP contribution in [-0.2, 0) is 28.6 Å². The Labute approximate surface area is 228 Å². The average Bonchev–Trinajstić information content (AvgIpc) is 3.78. The van der Waals surface area contributed by atoms with E-state index in [0.717, 1.165) is 0 Å². The summed E-state index contributed by atoms with van der Waals surface area (Å²) in [5.74, 6) is -1.46. The highest BCUT2D eigenvalue weighted by Gasteiger charge is 2.64. The van der Waals surface area contributed by atoms with Gasteiger partial charge in [0.2, 0.25) is 0 Å². The number of epoxide rings is 2. The van der Waals surface area contributed by atoms with Crippen molar-refractivity contribution in [2.24, 2.45) is 0 Å². The second-order valence-corrected chi connectivity index (χ2v) is 10.5. The predicted molar refractivity (Wildman–Crippen MR) is 133 cm³/mol. The number of ether oxygens (including phenoxy) is 3. The minimum Gasteiger partial charge on any atom is -0.595 e. The van der Waals surface area contributed by atoms with Crippen LogP contribution in [0.3, 0.4) is 0 Å². The first-order valence-corrected chi connectivity index (χ1v) is 12.6. The Morgan fingerprint density at radius 3 is 1.77 bits per heavy atom. The molecule has 0 aromatic heterocycles. The number of carbonyl (C=O) groups is 3. The van der Waals surface area contributed by atoms with Gasteiger partial charge in [-0.25, -0.2) is 10.4 Å². The molecule has 2 aromatic carbocycles. The van der Waals surface area contributed by atoms with Crippen LogP contribution in [0.25, 0.3) is 0 Å². The van der Waals surface area contributed by atoms with Crippen LogP contribution in [0.4, 0.5) is 11.4 Å². The van der Waals surface area contributed by atoms with E-state index in [9.17, 15) is 24.8 Å². The maximum atomic E-state index is 13.7. The van der Waals surface area contributed by atoms with Gasteiger partial charge in [0.15, 0.2) is 40.8 Å². The third-order valence-corrected chi connectivity index (χ3v) is 7.67. The standard InChI is InChI=1S/C26H30N4O10/c1-13-21(27-23(32)25(3)19(39-25)15-5-9-17(10-6-15)29(34)35)38-22(14(2)31)28(13)24(33)26(4)20(40-26)16-7-11-18(12-8-16)30(36)37/h5-13,19-22,29-30,34,36H,1-4H3,(H,27,32)/t13-,19+,20+,21-,22-,25-,26-/m0/s1. The van der Waals surface area contributed by atoms with Crippen LogP contribution < -0.4 is 15.8 Å². The molecule has 40 heavy (non-hydrogen) atoms. The lowest BCUT2D eigenvalue weighted by molar-refractivity contribution is -0.991. The van der Waals surface area contributed by atoms with Gasteiger partial charge in [-0.15, -0.1) is 0 Å². The minimum atomic E-state index is -1.31. The lowest BCUT2D eigenvalue weighted by Gasteiger charge is -2.27. The molecule has 0 bridgehead atoms. The van der Waals surface area contributed by atoms with E-state index in [1.807, 2.05) is 0 Å². The topological polar surface area (TPSA) is 196 Å². The number of amides is 2. The number of Topliss-reactive ketones (excluding diaryl/α,β-unsaturated/α-hetero) is 1. The van der Waals surface area contributed by atoms with Gasteiger partial charge >= 0.3 is 0 Å². The van der Waals surface area contributed by atoms with Crippen molar-refractivity contribution in [3.63, 3.8) is 0 Å². The van der Waals surface area contributed by atoms with Crippen LogP contribution in [0.1, 0.15) is 51.0 Å². The number of quaternary nitrogens is 2. The Kier molecular flexibility index (Phi) is 7.02. The summed E-state index contributed by atoms with van der Waals surface area (Å²) >= 11 is 0. The summed E-state index contributed by atoms with van der Waals surface area (Å²) in [6.07, 6.45) is -3.53. The molecule has 14 heteroatoms. The van der Waals surface area contributed by atoms with Crippen molar-refractivity contribution < 1.29 is 49.5 Å². The summed E-state index contributed by atoms with van der Waals surface area (Å²) in [4.78, 5) is 40.6. The number of nitrogens with one attached hydrogen (secondary N) is 3. The summed E-state index contributed by atoms with van der Waals surface area (Å²) in [6, 6.07) is 11.3. The zero-order chi connectivity index (χ0) is 29.1. The van der Waals surface area contributed by atoms with Crippen LogP contribution in [-0.4, -0.2) is 62.6 Å². The highest BCUT2D eigenvalue weighted by Crippen LogP contribution is 2.52. The molecule has 3 aliphatic rings. The number of hydrogen-bond donors (Lipinski definition) is 5. The second kappa shape index (κ2) is 9.95. The molecule has 214 valence electrons. The molecular formula is C26H30N4O10. The smallest absolute Gasteiger partial charge is 0.260 e. The van der Waals surface area contributed by atoms with Gasteiger partial charge in [-0.3, -0.25) is 14.4 Å². The molecule has 0 aliphatic carbocycles. The highest BCUT2D eigenvalue weighted by atomic mass is 16.8. The zero-order valence-corrected chi connectivity index (χ0v) is 22.1. The van der Waals surface area contributed by atoms with Crippen molar-refractivity contribution in [2.75, 3.05) is 0 Å². The van der Waals surface area contributed by atoms with Crippen molar-refractivity contribution >= 4 is 29.0 Å². The molecule has 9 atom stereocenters. The fraction of sp³-hybridized carbons (Fsp3) is 0.423. The van der Waals surface area contributed by atoms with Gasteiger partial charge in [0, 0.05) is 24.3 Å². The average molecular weight is 559 g/mol. The first kappa shape index (κ1) is 28.2. The normalized spacial score (nSPS) is 34.2. The predicted octanol–water partition coefficient (Wildman–Crippen LogP) is -0.542. The largest absolute Gasteiger partial charge is 0.595 e. The molecular weight excluding hydrogens is 528 g/mol. The molecule has 2 amide bonds. The van der Waals surface area contributed by atoms with E-state index in [4.69, 9.17) is 24.6 Å². The Bertz CT molecular complexity index is 1320. The summed E-state index contributed by atoms with van der Waals surface area (Å²) in [5.41, 5.74) is -1.12. The molecule has 3 aliphatic heterocycles.